The molecule has 20 heavy (non-hydrogen) atoms. The number of nitrogens with zero attached hydrogens (tertiary/aromatic N) is 2. The summed E-state index contributed by atoms with van der Waals surface area (Å²) in [7, 11) is 0. The predicted octanol–water partition coefficient (Wildman–Crippen LogP) is 3.62. The Balaban J connectivity index is 2.05. The third kappa shape index (κ3) is 3.60. The molecule has 0 aliphatic heterocycles. The minimum absolute atomic E-state index is 0.572. The lowest BCUT2D eigenvalue weighted by atomic mass is 10.00. The van der Waals surface area contributed by atoms with Crippen LogP contribution < -0.4 is 5.32 Å². The van der Waals surface area contributed by atoms with Gasteiger partial charge < -0.3 is 5.32 Å². The SMILES string of the molecule is CCn1nc(CC(C)CCNC(C)C)c2ccccc21. The third-order valence-electron chi connectivity index (χ3n) is 3.77. The predicted molar refractivity (Wildman–Crippen MR) is 86.0 cm³/mol. The Morgan fingerprint density at radius 3 is 2.65 bits per heavy atom. The molecule has 0 spiro atoms. The van der Waals surface area contributed by atoms with Crippen LogP contribution in [0.25, 0.3) is 10.9 Å². The largest absolute Gasteiger partial charge is 0.315 e. The number of benzene rings is 1. The Morgan fingerprint density at radius 2 is 1.95 bits per heavy atom. The van der Waals surface area contributed by atoms with E-state index in [2.05, 4.69) is 62.0 Å². The Hall–Kier alpha value is -1.35. The lowest BCUT2D eigenvalue weighted by molar-refractivity contribution is 0.471. The lowest BCUT2D eigenvalue weighted by Gasteiger charge is -2.12. The van der Waals surface area contributed by atoms with Gasteiger partial charge in [-0.05, 0) is 38.3 Å². The summed E-state index contributed by atoms with van der Waals surface area (Å²) in [6.45, 7) is 10.9. The third-order valence-corrected chi connectivity index (χ3v) is 3.77. The van der Waals surface area contributed by atoms with E-state index in [4.69, 9.17) is 5.10 Å². The van der Waals surface area contributed by atoms with Gasteiger partial charge in [-0.15, -0.1) is 0 Å². The summed E-state index contributed by atoms with van der Waals surface area (Å²) in [5.41, 5.74) is 2.51. The van der Waals surface area contributed by atoms with Crippen LogP contribution in [0, 0.1) is 5.92 Å². The standard InChI is InChI=1S/C17H27N3/c1-5-20-17-9-7-6-8-15(17)16(19-20)12-14(4)10-11-18-13(2)3/h6-9,13-14,18H,5,10-12H2,1-4H3. The van der Waals surface area contributed by atoms with E-state index in [1.807, 2.05) is 0 Å². The highest BCUT2D eigenvalue weighted by Gasteiger charge is 2.12. The maximum Gasteiger partial charge on any atom is 0.0706 e. The van der Waals surface area contributed by atoms with Crippen molar-refractivity contribution in [1.29, 1.82) is 0 Å². The van der Waals surface area contributed by atoms with Crippen molar-refractivity contribution in [3.8, 4) is 0 Å². The van der Waals surface area contributed by atoms with Gasteiger partial charge in [-0.25, -0.2) is 0 Å². The van der Waals surface area contributed by atoms with Crippen molar-refractivity contribution in [2.24, 2.45) is 5.92 Å². The number of hydrogen-bond acceptors (Lipinski definition) is 2. The smallest absolute Gasteiger partial charge is 0.0706 e. The Labute approximate surface area is 122 Å². The average molecular weight is 273 g/mol. The van der Waals surface area contributed by atoms with Crippen molar-refractivity contribution in [1.82, 2.24) is 15.1 Å². The normalized spacial score (nSPS) is 13.2. The Morgan fingerprint density at radius 1 is 1.20 bits per heavy atom. The van der Waals surface area contributed by atoms with E-state index in [1.165, 1.54) is 23.0 Å². The van der Waals surface area contributed by atoms with Crippen molar-refractivity contribution in [2.75, 3.05) is 6.54 Å². The first-order valence-electron chi connectivity index (χ1n) is 7.79. The van der Waals surface area contributed by atoms with Crippen molar-refractivity contribution in [2.45, 2.75) is 53.1 Å². The first-order chi connectivity index (χ1) is 9.61. The fourth-order valence-electron chi connectivity index (χ4n) is 2.64. The molecule has 1 aromatic heterocycles. The molecule has 0 aliphatic carbocycles. The number of para-hydroxylation sites is 1. The molecule has 3 nitrogen and oxygen atoms in total. The topological polar surface area (TPSA) is 29.9 Å². The van der Waals surface area contributed by atoms with Crippen LogP contribution in [0.2, 0.25) is 0 Å². The van der Waals surface area contributed by atoms with Crippen LogP contribution >= 0.6 is 0 Å². The van der Waals surface area contributed by atoms with Crippen molar-refractivity contribution in [3.05, 3.63) is 30.0 Å². The highest BCUT2D eigenvalue weighted by molar-refractivity contribution is 5.81. The summed E-state index contributed by atoms with van der Waals surface area (Å²) in [5.74, 6) is 0.657. The molecule has 110 valence electrons. The molecule has 1 aromatic carbocycles. The van der Waals surface area contributed by atoms with E-state index in [1.54, 1.807) is 0 Å². The second-order valence-electron chi connectivity index (χ2n) is 5.99. The average Bonchev–Trinajstić information content (AvgIpc) is 2.77. The van der Waals surface area contributed by atoms with Crippen molar-refractivity contribution >= 4 is 10.9 Å². The zero-order valence-corrected chi connectivity index (χ0v) is 13.2. The van der Waals surface area contributed by atoms with Crippen molar-refractivity contribution in [3.63, 3.8) is 0 Å². The molecular formula is C17H27N3. The molecule has 0 saturated carbocycles. The van der Waals surface area contributed by atoms with Gasteiger partial charge in [-0.3, -0.25) is 4.68 Å². The molecule has 1 heterocycles. The van der Waals surface area contributed by atoms with Gasteiger partial charge in [0, 0.05) is 18.0 Å². The summed E-state index contributed by atoms with van der Waals surface area (Å²) in [5, 5.41) is 9.59. The van der Waals surface area contributed by atoms with Crippen LogP contribution in [0.3, 0.4) is 0 Å². The highest BCUT2D eigenvalue weighted by Crippen LogP contribution is 2.21. The highest BCUT2D eigenvalue weighted by atomic mass is 15.3. The van der Waals surface area contributed by atoms with E-state index in [9.17, 15) is 0 Å². The van der Waals surface area contributed by atoms with Gasteiger partial charge >= 0.3 is 0 Å². The van der Waals surface area contributed by atoms with Crippen LogP contribution in [0.4, 0.5) is 0 Å². The van der Waals surface area contributed by atoms with Gasteiger partial charge in [-0.2, -0.15) is 5.10 Å². The Bertz CT molecular complexity index is 542. The number of aryl methyl sites for hydroxylation is 1. The fourth-order valence-corrected chi connectivity index (χ4v) is 2.64. The van der Waals surface area contributed by atoms with Crippen LogP contribution in [0.5, 0.6) is 0 Å². The van der Waals surface area contributed by atoms with E-state index in [-0.39, 0.29) is 0 Å². The summed E-state index contributed by atoms with van der Waals surface area (Å²) in [4.78, 5) is 0. The van der Waals surface area contributed by atoms with Crippen molar-refractivity contribution < 1.29 is 0 Å². The second-order valence-corrected chi connectivity index (χ2v) is 5.99. The number of hydrogen-bond donors (Lipinski definition) is 1. The molecule has 3 heteroatoms. The van der Waals surface area contributed by atoms with E-state index in [0.29, 0.717) is 12.0 Å². The molecule has 0 radical (unpaired) electrons. The second kappa shape index (κ2) is 6.89. The van der Waals surface area contributed by atoms with Crippen LogP contribution in [-0.2, 0) is 13.0 Å². The molecule has 2 rings (SSSR count). The molecular weight excluding hydrogens is 246 g/mol. The lowest BCUT2D eigenvalue weighted by Crippen LogP contribution is -2.25. The summed E-state index contributed by atoms with van der Waals surface area (Å²) in [6, 6.07) is 9.14. The Kier molecular flexibility index (Phi) is 5.18. The fraction of sp³-hybridized carbons (Fsp3) is 0.588. The van der Waals surface area contributed by atoms with Gasteiger partial charge in [0.2, 0.25) is 0 Å². The van der Waals surface area contributed by atoms with Crippen LogP contribution in [0.15, 0.2) is 24.3 Å². The zero-order chi connectivity index (χ0) is 14.5. The van der Waals surface area contributed by atoms with Gasteiger partial charge in [0.1, 0.15) is 0 Å². The van der Waals surface area contributed by atoms with E-state index >= 15 is 0 Å². The zero-order valence-electron chi connectivity index (χ0n) is 13.2. The maximum absolute atomic E-state index is 4.79. The number of rotatable bonds is 7. The molecule has 2 aromatic rings. The van der Waals surface area contributed by atoms with Gasteiger partial charge in [0.05, 0.1) is 11.2 Å². The van der Waals surface area contributed by atoms with Gasteiger partial charge in [0.15, 0.2) is 0 Å². The quantitative estimate of drug-likeness (QED) is 0.835. The number of aromatic nitrogens is 2. The monoisotopic (exact) mass is 273 g/mol. The molecule has 1 unspecified atom stereocenters. The molecule has 1 N–H and O–H groups in total. The van der Waals surface area contributed by atoms with E-state index in [0.717, 1.165) is 19.5 Å². The molecule has 0 amide bonds. The van der Waals surface area contributed by atoms with Gasteiger partial charge in [-0.1, -0.05) is 39.0 Å². The first-order valence-corrected chi connectivity index (χ1v) is 7.79. The number of nitrogens with one attached hydrogen (secondary N) is 1. The summed E-state index contributed by atoms with van der Waals surface area (Å²) < 4.78 is 2.11. The molecule has 0 fully saturated rings. The first kappa shape index (κ1) is 15.0. The maximum atomic E-state index is 4.79. The minimum atomic E-state index is 0.572. The summed E-state index contributed by atoms with van der Waals surface area (Å²) in [6.07, 6.45) is 2.26. The minimum Gasteiger partial charge on any atom is -0.315 e. The van der Waals surface area contributed by atoms with Gasteiger partial charge in [0.25, 0.3) is 0 Å². The molecule has 0 aliphatic rings. The molecule has 1 atom stereocenters. The molecule has 0 bridgehead atoms. The van der Waals surface area contributed by atoms with Crippen LogP contribution in [0.1, 0.15) is 39.8 Å². The number of fused-ring (bicyclic) bond motifs is 1. The van der Waals surface area contributed by atoms with E-state index < -0.39 is 0 Å². The van der Waals surface area contributed by atoms with Crippen LogP contribution in [-0.4, -0.2) is 22.4 Å². The summed E-state index contributed by atoms with van der Waals surface area (Å²) >= 11 is 0. The molecule has 0 saturated heterocycles.